The van der Waals surface area contributed by atoms with Crippen LogP contribution in [0.3, 0.4) is 0 Å². The van der Waals surface area contributed by atoms with Gasteiger partial charge in [0.2, 0.25) is 0 Å². The summed E-state index contributed by atoms with van der Waals surface area (Å²) in [6, 6.07) is 8.18. The molecular formula is C11H18O. The summed E-state index contributed by atoms with van der Waals surface area (Å²) in [5.41, 5.74) is 1.34. The Kier molecular flexibility index (Phi) is 5.18. The van der Waals surface area contributed by atoms with Gasteiger partial charge in [-0.05, 0) is 11.6 Å². The third kappa shape index (κ3) is 2.26. The van der Waals surface area contributed by atoms with Gasteiger partial charge in [-0.15, -0.1) is 0 Å². The summed E-state index contributed by atoms with van der Waals surface area (Å²) in [7, 11) is 0. The molecule has 0 unspecified atom stereocenters. The predicted octanol–water partition coefficient (Wildman–Crippen LogP) is 3.28. The van der Waals surface area contributed by atoms with Crippen LogP contribution in [0.5, 0.6) is 5.75 Å². The number of para-hydroxylation sites is 1. The molecule has 1 heterocycles. The van der Waals surface area contributed by atoms with Gasteiger partial charge in [-0.2, -0.15) is 0 Å². The van der Waals surface area contributed by atoms with Crippen molar-refractivity contribution in [3.8, 4) is 5.75 Å². The highest BCUT2D eigenvalue weighted by Crippen LogP contribution is 2.23. The first-order chi connectivity index (χ1) is 5.47. The third-order valence-corrected chi connectivity index (χ3v) is 1.60. The molecule has 0 aliphatic carbocycles. The van der Waals surface area contributed by atoms with E-state index in [-0.39, 0.29) is 7.43 Å². The van der Waals surface area contributed by atoms with Crippen LogP contribution in [-0.2, 0) is 6.42 Å². The van der Waals surface area contributed by atoms with Gasteiger partial charge in [-0.1, -0.05) is 39.5 Å². The molecule has 0 atom stereocenters. The van der Waals surface area contributed by atoms with E-state index in [9.17, 15) is 0 Å². The molecule has 1 aromatic rings. The van der Waals surface area contributed by atoms with Crippen LogP contribution in [0, 0.1) is 0 Å². The second-order valence-electron chi connectivity index (χ2n) is 2.21. The fourth-order valence-corrected chi connectivity index (χ4v) is 1.12. The maximum atomic E-state index is 5.30. The van der Waals surface area contributed by atoms with E-state index in [0.717, 1.165) is 18.8 Å². The van der Waals surface area contributed by atoms with Crippen molar-refractivity contribution in [1.82, 2.24) is 0 Å². The van der Waals surface area contributed by atoms with E-state index < -0.39 is 0 Å². The maximum absolute atomic E-state index is 5.30. The van der Waals surface area contributed by atoms with Crippen molar-refractivity contribution in [2.75, 3.05) is 6.61 Å². The second-order valence-corrected chi connectivity index (χ2v) is 2.21. The molecule has 1 nitrogen and oxygen atoms in total. The highest BCUT2D eigenvalue weighted by molar-refractivity contribution is 5.35. The van der Waals surface area contributed by atoms with Crippen LogP contribution in [0.25, 0.3) is 0 Å². The molecule has 1 aliphatic rings. The molecule has 0 spiro atoms. The van der Waals surface area contributed by atoms with Crippen LogP contribution in [0.15, 0.2) is 24.3 Å². The van der Waals surface area contributed by atoms with Crippen LogP contribution < -0.4 is 4.74 Å². The minimum absolute atomic E-state index is 0. The molecule has 68 valence electrons. The van der Waals surface area contributed by atoms with E-state index in [0.29, 0.717) is 0 Å². The molecule has 0 saturated heterocycles. The molecule has 2 rings (SSSR count). The van der Waals surface area contributed by atoms with Crippen LogP contribution in [0.4, 0.5) is 0 Å². The Bertz CT molecular complexity index is 195. The van der Waals surface area contributed by atoms with Crippen LogP contribution in [-0.4, -0.2) is 6.61 Å². The quantitative estimate of drug-likeness (QED) is 0.574. The monoisotopic (exact) mass is 166 g/mol. The lowest BCUT2D eigenvalue weighted by molar-refractivity contribution is 0.357. The molecule has 0 N–H and O–H groups in total. The number of hydrogen-bond donors (Lipinski definition) is 0. The minimum Gasteiger partial charge on any atom is -0.493 e. The highest BCUT2D eigenvalue weighted by atomic mass is 16.5. The van der Waals surface area contributed by atoms with Crippen molar-refractivity contribution in [2.24, 2.45) is 0 Å². The molecule has 0 radical (unpaired) electrons. The summed E-state index contributed by atoms with van der Waals surface area (Å²) in [4.78, 5) is 0. The number of rotatable bonds is 0. The van der Waals surface area contributed by atoms with Gasteiger partial charge >= 0.3 is 0 Å². The van der Waals surface area contributed by atoms with Crippen molar-refractivity contribution in [1.29, 1.82) is 0 Å². The number of hydrogen-bond acceptors (Lipinski definition) is 1. The molecule has 1 heteroatoms. The van der Waals surface area contributed by atoms with E-state index in [1.807, 2.05) is 32.0 Å². The normalized spacial score (nSPS) is 11.5. The Morgan fingerprint density at radius 2 is 1.83 bits per heavy atom. The second kappa shape index (κ2) is 5.64. The predicted molar refractivity (Wildman–Crippen MR) is 53.7 cm³/mol. The standard InChI is InChI=1S/C8H8O.C2H6.CH4/c1-2-4-8-7(3-1)5-6-9-8;1-2;/h1-4H,5-6H2;1-2H3;1H4. The molecule has 0 aromatic heterocycles. The van der Waals surface area contributed by atoms with E-state index in [4.69, 9.17) is 4.74 Å². The van der Waals surface area contributed by atoms with Crippen molar-refractivity contribution in [3.05, 3.63) is 29.8 Å². The molecule has 1 aromatic carbocycles. The lowest BCUT2D eigenvalue weighted by Gasteiger charge is -1.93. The summed E-state index contributed by atoms with van der Waals surface area (Å²) in [5, 5.41) is 0. The summed E-state index contributed by atoms with van der Waals surface area (Å²) in [5.74, 6) is 1.07. The number of ether oxygens (including phenoxy) is 1. The van der Waals surface area contributed by atoms with E-state index in [1.54, 1.807) is 0 Å². The Hall–Kier alpha value is -0.980. The van der Waals surface area contributed by atoms with Gasteiger partial charge in [0, 0.05) is 6.42 Å². The first-order valence-electron chi connectivity index (χ1n) is 4.17. The van der Waals surface area contributed by atoms with E-state index in [1.165, 1.54) is 5.56 Å². The summed E-state index contributed by atoms with van der Waals surface area (Å²) < 4.78 is 5.30. The first-order valence-corrected chi connectivity index (χ1v) is 4.17. The lowest BCUT2D eigenvalue weighted by atomic mass is 10.2. The van der Waals surface area contributed by atoms with Gasteiger partial charge < -0.3 is 4.74 Å². The van der Waals surface area contributed by atoms with Crippen molar-refractivity contribution in [3.63, 3.8) is 0 Å². The van der Waals surface area contributed by atoms with Gasteiger partial charge in [0.05, 0.1) is 6.61 Å². The van der Waals surface area contributed by atoms with E-state index >= 15 is 0 Å². The zero-order valence-corrected chi connectivity index (χ0v) is 7.13. The van der Waals surface area contributed by atoms with E-state index in [2.05, 4.69) is 6.07 Å². The van der Waals surface area contributed by atoms with Crippen molar-refractivity contribution >= 4 is 0 Å². The fourth-order valence-electron chi connectivity index (χ4n) is 1.12. The van der Waals surface area contributed by atoms with Crippen LogP contribution in [0.1, 0.15) is 26.8 Å². The van der Waals surface area contributed by atoms with Gasteiger partial charge in [0.25, 0.3) is 0 Å². The minimum atomic E-state index is 0. The van der Waals surface area contributed by atoms with Gasteiger partial charge in [-0.3, -0.25) is 0 Å². The largest absolute Gasteiger partial charge is 0.493 e. The van der Waals surface area contributed by atoms with Gasteiger partial charge in [0.1, 0.15) is 5.75 Å². The average Bonchev–Trinajstić information content (AvgIpc) is 2.55. The van der Waals surface area contributed by atoms with Crippen LogP contribution in [0.2, 0.25) is 0 Å². The van der Waals surface area contributed by atoms with Gasteiger partial charge in [0.15, 0.2) is 0 Å². The Morgan fingerprint density at radius 1 is 1.17 bits per heavy atom. The zero-order chi connectivity index (χ0) is 8.10. The SMILES string of the molecule is C.CC.c1ccc2c(c1)CCO2. The zero-order valence-electron chi connectivity index (χ0n) is 7.13. The Morgan fingerprint density at radius 3 is 2.50 bits per heavy atom. The summed E-state index contributed by atoms with van der Waals surface area (Å²) in [6.45, 7) is 4.86. The maximum Gasteiger partial charge on any atom is 0.122 e. The first kappa shape index (κ1) is 11.0. The number of fused-ring (bicyclic) bond motifs is 1. The lowest BCUT2D eigenvalue weighted by Crippen LogP contribution is -1.85. The Labute approximate surface area is 75.4 Å². The Balaban J connectivity index is 0.000000378. The summed E-state index contributed by atoms with van der Waals surface area (Å²) >= 11 is 0. The molecule has 12 heavy (non-hydrogen) atoms. The molecule has 0 amide bonds. The van der Waals surface area contributed by atoms with Crippen molar-refractivity contribution < 1.29 is 4.74 Å². The average molecular weight is 166 g/mol. The van der Waals surface area contributed by atoms with Crippen LogP contribution >= 0.6 is 0 Å². The fraction of sp³-hybridized carbons (Fsp3) is 0.455. The van der Waals surface area contributed by atoms with Gasteiger partial charge in [-0.25, -0.2) is 0 Å². The number of benzene rings is 1. The third-order valence-electron chi connectivity index (χ3n) is 1.60. The smallest absolute Gasteiger partial charge is 0.122 e. The highest BCUT2D eigenvalue weighted by Gasteiger charge is 2.08. The molecule has 0 bridgehead atoms. The summed E-state index contributed by atoms with van der Waals surface area (Å²) in [6.07, 6.45) is 1.08. The topological polar surface area (TPSA) is 9.23 Å². The molecule has 1 aliphatic heterocycles. The molecule has 0 saturated carbocycles. The van der Waals surface area contributed by atoms with Crippen molar-refractivity contribution in [2.45, 2.75) is 27.7 Å². The molecular weight excluding hydrogens is 148 g/mol. The molecule has 0 fully saturated rings.